The molecule has 2 amide bonds. The molecular formula is C11H15N7O3. The summed E-state index contributed by atoms with van der Waals surface area (Å²) >= 11 is 0. The topological polar surface area (TPSA) is 127 Å². The number of carbonyl (C=O) groups excluding carboxylic acids is 2. The number of hydrogen-bond donors (Lipinski definition) is 2. The summed E-state index contributed by atoms with van der Waals surface area (Å²) in [6, 6.07) is 0. The fraction of sp³-hybridized carbons (Fsp3) is 0.545. The summed E-state index contributed by atoms with van der Waals surface area (Å²) in [5.41, 5.74) is 5.71. The summed E-state index contributed by atoms with van der Waals surface area (Å²) < 4.78 is 5.27. The van der Waals surface area contributed by atoms with E-state index in [-0.39, 0.29) is 25.0 Å². The molecular weight excluding hydrogens is 278 g/mol. The minimum atomic E-state index is -0.391. The van der Waals surface area contributed by atoms with Gasteiger partial charge in [-0.05, 0) is 0 Å². The van der Waals surface area contributed by atoms with Crippen LogP contribution in [0.15, 0.2) is 0 Å². The van der Waals surface area contributed by atoms with Gasteiger partial charge >= 0.3 is 0 Å². The van der Waals surface area contributed by atoms with Gasteiger partial charge in [-0.1, -0.05) is 0 Å². The number of piperazine rings is 1. The van der Waals surface area contributed by atoms with Gasteiger partial charge in [0.25, 0.3) is 0 Å². The van der Waals surface area contributed by atoms with E-state index >= 15 is 0 Å². The number of nitrogens with zero attached hydrogens (tertiary/aromatic N) is 5. The summed E-state index contributed by atoms with van der Waals surface area (Å²) in [7, 11) is 0. The minimum Gasteiger partial charge on any atom is -0.378 e. The van der Waals surface area contributed by atoms with Crippen molar-refractivity contribution in [2.75, 3.05) is 54.9 Å². The number of amides is 2. The zero-order valence-electron chi connectivity index (χ0n) is 11.3. The first kappa shape index (κ1) is 13.5. The molecule has 0 radical (unpaired) electrons. The second-order valence-corrected chi connectivity index (χ2v) is 4.72. The van der Waals surface area contributed by atoms with Gasteiger partial charge in [0, 0.05) is 13.1 Å². The van der Waals surface area contributed by atoms with Crippen LogP contribution in [0, 0.1) is 0 Å². The van der Waals surface area contributed by atoms with Crippen molar-refractivity contribution < 1.29 is 14.3 Å². The van der Waals surface area contributed by atoms with Crippen LogP contribution in [0.2, 0.25) is 0 Å². The van der Waals surface area contributed by atoms with E-state index in [0.29, 0.717) is 32.3 Å². The van der Waals surface area contributed by atoms with Crippen LogP contribution < -0.4 is 20.9 Å². The van der Waals surface area contributed by atoms with Gasteiger partial charge in [0.15, 0.2) is 0 Å². The smallest absolute Gasteiger partial charge is 0.246 e. The quantitative estimate of drug-likeness (QED) is 0.581. The predicted octanol–water partition coefficient (Wildman–Crippen LogP) is -2.25. The van der Waals surface area contributed by atoms with Gasteiger partial charge < -0.3 is 20.3 Å². The Hall–Kier alpha value is -2.49. The van der Waals surface area contributed by atoms with Crippen LogP contribution in [0.4, 0.5) is 17.8 Å². The van der Waals surface area contributed by atoms with Gasteiger partial charge in [0.05, 0.1) is 13.2 Å². The van der Waals surface area contributed by atoms with Gasteiger partial charge in [-0.25, -0.2) is 0 Å². The third kappa shape index (κ3) is 2.99. The van der Waals surface area contributed by atoms with Gasteiger partial charge in [-0.15, -0.1) is 0 Å². The van der Waals surface area contributed by atoms with Crippen molar-refractivity contribution in [2.24, 2.45) is 0 Å². The Morgan fingerprint density at radius 1 is 0.952 bits per heavy atom. The van der Waals surface area contributed by atoms with Crippen LogP contribution in [0.1, 0.15) is 0 Å². The molecule has 0 aromatic carbocycles. The number of carbonyl (C=O) groups is 2. The Balaban J connectivity index is 1.86. The van der Waals surface area contributed by atoms with Crippen molar-refractivity contribution in [3.63, 3.8) is 0 Å². The fourth-order valence-electron chi connectivity index (χ4n) is 2.19. The van der Waals surface area contributed by atoms with E-state index in [0.717, 1.165) is 0 Å². The summed E-state index contributed by atoms with van der Waals surface area (Å²) in [6.07, 6.45) is 0. The van der Waals surface area contributed by atoms with Gasteiger partial charge in [-0.3, -0.25) is 14.9 Å². The maximum Gasteiger partial charge on any atom is 0.246 e. The Morgan fingerprint density at radius 3 is 2.14 bits per heavy atom. The lowest BCUT2D eigenvalue weighted by molar-refractivity contribution is -0.130. The van der Waals surface area contributed by atoms with Crippen LogP contribution in [-0.4, -0.2) is 66.2 Å². The molecule has 2 fully saturated rings. The molecule has 0 aliphatic carbocycles. The van der Waals surface area contributed by atoms with Crippen LogP contribution >= 0.6 is 0 Å². The van der Waals surface area contributed by atoms with Crippen molar-refractivity contribution in [3.05, 3.63) is 0 Å². The Kier molecular flexibility index (Phi) is 3.52. The molecule has 0 saturated carbocycles. The number of nitrogen functional groups attached to an aromatic ring is 1. The Morgan fingerprint density at radius 2 is 1.52 bits per heavy atom. The third-order valence-corrected chi connectivity index (χ3v) is 3.15. The van der Waals surface area contributed by atoms with Crippen molar-refractivity contribution >= 4 is 29.7 Å². The molecule has 3 rings (SSSR count). The van der Waals surface area contributed by atoms with Gasteiger partial charge in [-0.2, -0.15) is 15.0 Å². The Labute approximate surface area is 120 Å². The number of imide groups is 1. The molecule has 2 saturated heterocycles. The average molecular weight is 293 g/mol. The molecule has 10 heteroatoms. The largest absolute Gasteiger partial charge is 0.378 e. The molecule has 3 heterocycles. The second-order valence-electron chi connectivity index (χ2n) is 4.72. The molecule has 112 valence electrons. The van der Waals surface area contributed by atoms with Crippen LogP contribution in [0.5, 0.6) is 0 Å². The summed E-state index contributed by atoms with van der Waals surface area (Å²) in [5.74, 6) is -0.0670. The van der Waals surface area contributed by atoms with E-state index in [2.05, 4.69) is 20.3 Å². The monoisotopic (exact) mass is 293 g/mol. The highest BCUT2D eigenvalue weighted by molar-refractivity contribution is 6.02. The standard InChI is InChI=1S/C11H15N7O3/c12-9-14-10(17-1-3-21-4-2-17)16-11(15-9)18-5-7(19)13-8(20)6-18/h1-6H2,(H,13,19,20)(H2,12,14,15,16). The highest BCUT2D eigenvalue weighted by Gasteiger charge is 2.26. The van der Waals surface area contributed by atoms with Crippen molar-refractivity contribution in [1.82, 2.24) is 20.3 Å². The van der Waals surface area contributed by atoms with Crippen LogP contribution in [-0.2, 0) is 14.3 Å². The minimum absolute atomic E-state index is 0.0117. The van der Waals surface area contributed by atoms with Crippen molar-refractivity contribution in [3.8, 4) is 0 Å². The molecule has 21 heavy (non-hydrogen) atoms. The van der Waals surface area contributed by atoms with Crippen LogP contribution in [0.25, 0.3) is 0 Å². The molecule has 3 N–H and O–H groups in total. The van der Waals surface area contributed by atoms with Crippen LogP contribution in [0.3, 0.4) is 0 Å². The summed E-state index contributed by atoms with van der Waals surface area (Å²) in [6.45, 7) is 2.51. The predicted molar refractivity (Wildman–Crippen MR) is 72.6 cm³/mol. The first-order valence-electron chi connectivity index (χ1n) is 6.54. The molecule has 0 unspecified atom stereocenters. The number of nitrogens with one attached hydrogen (secondary N) is 1. The zero-order chi connectivity index (χ0) is 14.8. The molecule has 2 aliphatic rings. The maximum absolute atomic E-state index is 11.4. The lowest BCUT2D eigenvalue weighted by Crippen LogP contribution is -2.52. The van der Waals surface area contributed by atoms with E-state index < -0.39 is 11.8 Å². The average Bonchev–Trinajstić information content (AvgIpc) is 2.46. The van der Waals surface area contributed by atoms with E-state index in [1.54, 1.807) is 0 Å². The number of rotatable bonds is 2. The number of anilines is 3. The number of aromatic nitrogens is 3. The lowest BCUT2D eigenvalue weighted by atomic mass is 10.3. The third-order valence-electron chi connectivity index (χ3n) is 3.15. The highest BCUT2D eigenvalue weighted by Crippen LogP contribution is 2.16. The van der Waals surface area contributed by atoms with E-state index in [4.69, 9.17) is 10.5 Å². The zero-order valence-corrected chi connectivity index (χ0v) is 11.3. The highest BCUT2D eigenvalue weighted by atomic mass is 16.5. The SMILES string of the molecule is Nc1nc(N2CCOCC2)nc(N2CC(=O)NC(=O)C2)n1. The molecule has 0 bridgehead atoms. The summed E-state index contributed by atoms with van der Waals surface area (Å²) in [5, 5.41) is 2.22. The number of morpholine rings is 1. The first-order chi connectivity index (χ1) is 10.1. The van der Waals surface area contributed by atoms with Gasteiger partial charge in [0.2, 0.25) is 29.7 Å². The molecule has 10 nitrogen and oxygen atoms in total. The fourth-order valence-corrected chi connectivity index (χ4v) is 2.19. The molecule has 2 aliphatic heterocycles. The van der Waals surface area contributed by atoms with E-state index in [1.165, 1.54) is 4.90 Å². The van der Waals surface area contributed by atoms with Crippen molar-refractivity contribution in [2.45, 2.75) is 0 Å². The number of nitrogens with two attached hydrogens (primary N) is 1. The number of ether oxygens (including phenoxy) is 1. The second kappa shape index (κ2) is 5.48. The first-order valence-corrected chi connectivity index (χ1v) is 6.54. The molecule has 0 atom stereocenters. The van der Waals surface area contributed by atoms with E-state index in [1.807, 2.05) is 4.90 Å². The summed E-state index contributed by atoms with van der Waals surface area (Å²) in [4.78, 5) is 38.7. The van der Waals surface area contributed by atoms with Gasteiger partial charge in [0.1, 0.15) is 13.1 Å². The normalized spacial score (nSPS) is 19.6. The molecule has 1 aromatic heterocycles. The lowest BCUT2D eigenvalue weighted by Gasteiger charge is -2.29. The van der Waals surface area contributed by atoms with Crippen molar-refractivity contribution in [1.29, 1.82) is 0 Å². The Bertz CT molecular complexity index is 557. The molecule has 1 aromatic rings. The number of hydrogen-bond acceptors (Lipinski definition) is 9. The maximum atomic E-state index is 11.4. The van der Waals surface area contributed by atoms with E-state index in [9.17, 15) is 9.59 Å². The molecule has 0 spiro atoms.